The molecule has 2 aromatic heterocycles. The number of nitrogens with zero attached hydrogens (tertiary/aromatic N) is 3. The molecule has 9 heteroatoms. The third-order valence-electron chi connectivity index (χ3n) is 5.45. The normalized spacial score (nSPS) is 11.8. The first-order valence-corrected chi connectivity index (χ1v) is 11.5. The number of para-hydroxylation sites is 1. The Morgan fingerprint density at radius 1 is 1.11 bits per heavy atom. The van der Waals surface area contributed by atoms with Crippen LogP contribution in [0.25, 0.3) is 16.7 Å². The van der Waals surface area contributed by atoms with Gasteiger partial charge in [0.25, 0.3) is 5.91 Å². The average molecular weight is 493 g/mol. The first-order chi connectivity index (χ1) is 16.8. The van der Waals surface area contributed by atoms with Crippen molar-refractivity contribution in [2.75, 3.05) is 11.9 Å². The summed E-state index contributed by atoms with van der Waals surface area (Å²) in [5.74, 6) is 0.0229. The summed E-state index contributed by atoms with van der Waals surface area (Å²) in [6, 6.07) is 14.5. The lowest BCUT2D eigenvalue weighted by Crippen LogP contribution is -2.31. The minimum absolute atomic E-state index is 0.114. The van der Waals surface area contributed by atoms with Crippen LogP contribution in [0.2, 0.25) is 5.02 Å². The van der Waals surface area contributed by atoms with E-state index in [1.807, 2.05) is 38.1 Å². The topological polar surface area (TPSA) is 95.3 Å². The van der Waals surface area contributed by atoms with Crippen LogP contribution < -0.4 is 10.1 Å². The summed E-state index contributed by atoms with van der Waals surface area (Å²) in [5, 5.41) is 8.71. The molecule has 1 atom stereocenters. The van der Waals surface area contributed by atoms with Crippen molar-refractivity contribution in [3.8, 4) is 11.6 Å². The molecule has 0 aliphatic heterocycles. The standard InChI is InChI=1S/C26H25ClN4O4/c1-5-34-26(33)21-14-28-31(22-13-16(3)20-8-6-7-15(2)23(20)29-22)24(21)30-25(32)17(4)35-19-11-9-18(27)10-12-19/h6-14,17H,5H2,1-4H3,(H,30,32). The van der Waals surface area contributed by atoms with Gasteiger partial charge in [0.15, 0.2) is 17.7 Å². The summed E-state index contributed by atoms with van der Waals surface area (Å²) < 4.78 is 12.3. The van der Waals surface area contributed by atoms with Crippen LogP contribution in [-0.2, 0) is 9.53 Å². The highest BCUT2D eigenvalue weighted by Gasteiger charge is 2.25. The number of pyridine rings is 1. The number of esters is 1. The molecule has 0 aliphatic rings. The number of hydrogen-bond acceptors (Lipinski definition) is 6. The number of nitrogens with one attached hydrogen (secondary N) is 1. The fraction of sp³-hybridized carbons (Fsp3) is 0.231. The summed E-state index contributed by atoms with van der Waals surface area (Å²) >= 11 is 5.92. The first kappa shape index (κ1) is 24.2. The van der Waals surface area contributed by atoms with Crippen molar-refractivity contribution in [1.29, 1.82) is 0 Å². The van der Waals surface area contributed by atoms with Gasteiger partial charge in [-0.1, -0.05) is 29.8 Å². The van der Waals surface area contributed by atoms with Gasteiger partial charge < -0.3 is 14.8 Å². The molecule has 2 heterocycles. The van der Waals surface area contributed by atoms with Crippen LogP contribution in [0.15, 0.2) is 54.7 Å². The Balaban J connectivity index is 1.71. The lowest BCUT2D eigenvalue weighted by molar-refractivity contribution is -0.122. The number of carbonyl (C=O) groups excluding carboxylic acids is 2. The maximum atomic E-state index is 13.1. The maximum absolute atomic E-state index is 13.1. The first-order valence-electron chi connectivity index (χ1n) is 11.1. The molecular weight excluding hydrogens is 468 g/mol. The predicted molar refractivity (Wildman–Crippen MR) is 134 cm³/mol. The van der Waals surface area contributed by atoms with Crippen molar-refractivity contribution in [3.63, 3.8) is 0 Å². The number of benzene rings is 2. The molecule has 4 aromatic rings. The highest BCUT2D eigenvalue weighted by Crippen LogP contribution is 2.26. The van der Waals surface area contributed by atoms with E-state index >= 15 is 0 Å². The van der Waals surface area contributed by atoms with Crippen LogP contribution in [0.5, 0.6) is 5.75 Å². The van der Waals surface area contributed by atoms with Gasteiger partial charge in [0, 0.05) is 10.4 Å². The van der Waals surface area contributed by atoms with E-state index in [0.29, 0.717) is 16.6 Å². The number of anilines is 1. The fourth-order valence-electron chi connectivity index (χ4n) is 3.64. The van der Waals surface area contributed by atoms with Gasteiger partial charge in [-0.05, 0) is 69.2 Å². The van der Waals surface area contributed by atoms with Crippen LogP contribution in [0, 0.1) is 13.8 Å². The molecule has 180 valence electrons. The average Bonchev–Trinajstić information content (AvgIpc) is 3.25. The van der Waals surface area contributed by atoms with Gasteiger partial charge in [-0.15, -0.1) is 0 Å². The van der Waals surface area contributed by atoms with Gasteiger partial charge in [-0.3, -0.25) is 4.79 Å². The summed E-state index contributed by atoms with van der Waals surface area (Å²) in [7, 11) is 0. The van der Waals surface area contributed by atoms with Crippen LogP contribution in [-0.4, -0.2) is 39.4 Å². The van der Waals surface area contributed by atoms with Crippen LogP contribution in [0.3, 0.4) is 0 Å². The van der Waals surface area contributed by atoms with Gasteiger partial charge in [0.2, 0.25) is 0 Å². The van der Waals surface area contributed by atoms with Crippen molar-refractivity contribution in [1.82, 2.24) is 14.8 Å². The van der Waals surface area contributed by atoms with E-state index in [1.54, 1.807) is 38.1 Å². The molecule has 0 saturated heterocycles. The number of halogens is 1. The molecule has 8 nitrogen and oxygen atoms in total. The number of hydrogen-bond donors (Lipinski definition) is 1. The molecule has 0 radical (unpaired) electrons. The number of carbonyl (C=O) groups is 2. The van der Waals surface area contributed by atoms with Crippen molar-refractivity contribution in [2.45, 2.75) is 33.8 Å². The summed E-state index contributed by atoms with van der Waals surface area (Å²) in [6.07, 6.45) is 0.486. The monoisotopic (exact) mass is 492 g/mol. The Kier molecular flexibility index (Phi) is 7.02. The molecule has 0 bridgehead atoms. The zero-order valence-electron chi connectivity index (χ0n) is 19.8. The highest BCUT2D eigenvalue weighted by atomic mass is 35.5. The van der Waals surface area contributed by atoms with Crippen LogP contribution in [0.1, 0.15) is 35.3 Å². The number of aryl methyl sites for hydroxylation is 2. The maximum Gasteiger partial charge on any atom is 0.343 e. The van der Waals surface area contributed by atoms with Gasteiger partial charge in [-0.2, -0.15) is 9.78 Å². The lowest BCUT2D eigenvalue weighted by Gasteiger charge is -2.17. The number of fused-ring (bicyclic) bond motifs is 1. The number of amides is 1. The van der Waals surface area contributed by atoms with E-state index in [9.17, 15) is 9.59 Å². The molecule has 1 amide bonds. The molecule has 0 aliphatic carbocycles. The van der Waals surface area contributed by atoms with Crippen molar-refractivity contribution in [3.05, 3.63) is 76.4 Å². The molecule has 0 spiro atoms. The zero-order valence-corrected chi connectivity index (χ0v) is 20.6. The van der Waals surface area contributed by atoms with Crippen molar-refractivity contribution in [2.24, 2.45) is 0 Å². The van der Waals surface area contributed by atoms with Crippen molar-refractivity contribution < 1.29 is 19.1 Å². The Hall–Kier alpha value is -3.91. The Bertz CT molecular complexity index is 1400. The minimum atomic E-state index is -0.872. The Morgan fingerprint density at radius 3 is 2.57 bits per heavy atom. The minimum Gasteiger partial charge on any atom is -0.481 e. The van der Waals surface area contributed by atoms with E-state index in [2.05, 4.69) is 10.4 Å². The summed E-state index contributed by atoms with van der Waals surface area (Å²) in [4.78, 5) is 30.4. The zero-order chi connectivity index (χ0) is 25.1. The molecular formula is C26H25ClN4O4. The number of ether oxygens (including phenoxy) is 2. The van der Waals surface area contributed by atoms with E-state index < -0.39 is 18.0 Å². The largest absolute Gasteiger partial charge is 0.481 e. The van der Waals surface area contributed by atoms with Gasteiger partial charge in [0.1, 0.15) is 11.3 Å². The molecule has 1 unspecified atom stereocenters. The van der Waals surface area contributed by atoms with E-state index in [-0.39, 0.29) is 18.0 Å². The third-order valence-corrected chi connectivity index (χ3v) is 5.71. The molecule has 4 rings (SSSR count). The number of rotatable bonds is 7. The van der Waals surface area contributed by atoms with Crippen molar-refractivity contribution >= 4 is 40.2 Å². The van der Waals surface area contributed by atoms with E-state index in [4.69, 9.17) is 26.1 Å². The summed E-state index contributed by atoms with van der Waals surface area (Å²) in [5.41, 5.74) is 2.91. The van der Waals surface area contributed by atoms with Crippen LogP contribution in [0.4, 0.5) is 5.82 Å². The smallest absolute Gasteiger partial charge is 0.343 e. The lowest BCUT2D eigenvalue weighted by atomic mass is 10.1. The van der Waals surface area contributed by atoms with Crippen LogP contribution >= 0.6 is 11.6 Å². The fourth-order valence-corrected chi connectivity index (χ4v) is 3.77. The van der Waals surface area contributed by atoms with Gasteiger partial charge >= 0.3 is 5.97 Å². The second-order valence-corrected chi connectivity index (χ2v) is 8.45. The molecule has 35 heavy (non-hydrogen) atoms. The molecule has 0 fully saturated rings. The number of aromatic nitrogens is 3. The molecule has 2 aromatic carbocycles. The van der Waals surface area contributed by atoms with Gasteiger partial charge in [-0.25, -0.2) is 9.78 Å². The molecule has 1 N–H and O–H groups in total. The van der Waals surface area contributed by atoms with E-state index in [0.717, 1.165) is 22.0 Å². The second kappa shape index (κ2) is 10.1. The Labute approximate surface area is 207 Å². The predicted octanol–water partition coefficient (Wildman–Crippen LogP) is 5.27. The SMILES string of the molecule is CCOC(=O)c1cnn(-c2cc(C)c3cccc(C)c3n2)c1NC(=O)C(C)Oc1ccc(Cl)cc1. The highest BCUT2D eigenvalue weighted by molar-refractivity contribution is 6.30. The second-order valence-electron chi connectivity index (χ2n) is 8.01. The quantitative estimate of drug-likeness (QED) is 0.353. The third kappa shape index (κ3) is 5.12. The van der Waals surface area contributed by atoms with Gasteiger partial charge in [0.05, 0.1) is 18.3 Å². The Morgan fingerprint density at radius 2 is 1.86 bits per heavy atom. The van der Waals surface area contributed by atoms with E-state index in [1.165, 1.54) is 10.9 Å². The summed E-state index contributed by atoms with van der Waals surface area (Å²) in [6.45, 7) is 7.45. The molecule has 0 saturated carbocycles.